The molecule has 3 N–H and O–H groups in total. The van der Waals surface area contributed by atoms with Gasteiger partial charge in [-0.25, -0.2) is 4.79 Å². The Bertz CT molecular complexity index is 779. The van der Waals surface area contributed by atoms with Crippen LogP contribution in [0.2, 0.25) is 0 Å². The Morgan fingerprint density at radius 2 is 1.69 bits per heavy atom. The second kappa shape index (κ2) is 12.8. The predicted molar refractivity (Wildman–Crippen MR) is 118 cm³/mol. The number of carbonyl (C=O) groups is 4. The lowest BCUT2D eigenvalue weighted by molar-refractivity contribution is -0.140. The number of benzene rings is 1. The molecule has 1 fully saturated rings. The van der Waals surface area contributed by atoms with Crippen molar-refractivity contribution in [1.82, 2.24) is 16.0 Å². The SMILES string of the molecule is COCCOC(=O)NC(CC(C)C)C(=O)NC(Cc1ccccc1)C(=O)C(=O)NC1CC1. The molecule has 2 rings (SSSR count). The van der Waals surface area contributed by atoms with E-state index in [0.29, 0.717) is 6.42 Å². The number of nitrogens with one attached hydrogen (secondary N) is 3. The van der Waals surface area contributed by atoms with Gasteiger partial charge in [0.15, 0.2) is 0 Å². The largest absolute Gasteiger partial charge is 0.447 e. The standard InChI is InChI=1S/C23H33N3O6/c1-15(2)13-19(26-23(30)32-12-11-31-3)21(28)25-18(14-16-7-5-4-6-8-16)20(27)22(29)24-17-9-10-17/h4-8,15,17-19H,9-14H2,1-3H3,(H,24,29)(H,25,28)(H,26,30). The minimum atomic E-state index is -1.05. The van der Waals surface area contributed by atoms with Crippen LogP contribution < -0.4 is 16.0 Å². The monoisotopic (exact) mass is 447 g/mol. The summed E-state index contributed by atoms with van der Waals surface area (Å²) >= 11 is 0. The maximum absolute atomic E-state index is 13.0. The van der Waals surface area contributed by atoms with Gasteiger partial charge in [-0.3, -0.25) is 14.4 Å². The molecule has 2 unspecified atom stereocenters. The molecule has 1 aliphatic rings. The Morgan fingerprint density at radius 3 is 2.28 bits per heavy atom. The summed E-state index contributed by atoms with van der Waals surface area (Å²) < 4.78 is 9.83. The van der Waals surface area contributed by atoms with Crippen LogP contribution in [0.5, 0.6) is 0 Å². The minimum absolute atomic E-state index is 0.0248. The molecule has 176 valence electrons. The van der Waals surface area contributed by atoms with E-state index in [1.165, 1.54) is 7.11 Å². The second-order valence-electron chi connectivity index (χ2n) is 8.32. The first-order valence-corrected chi connectivity index (χ1v) is 10.9. The molecule has 0 spiro atoms. The summed E-state index contributed by atoms with van der Waals surface area (Å²) in [7, 11) is 1.49. The number of rotatable bonds is 13. The van der Waals surface area contributed by atoms with Crippen molar-refractivity contribution >= 4 is 23.7 Å². The van der Waals surface area contributed by atoms with E-state index in [1.807, 2.05) is 44.2 Å². The molecule has 2 atom stereocenters. The number of ether oxygens (including phenoxy) is 2. The Labute approximate surface area is 188 Å². The molecule has 3 amide bonds. The van der Waals surface area contributed by atoms with E-state index in [9.17, 15) is 19.2 Å². The lowest BCUT2D eigenvalue weighted by atomic mass is 9.99. The van der Waals surface area contributed by atoms with Crippen LogP contribution in [0.25, 0.3) is 0 Å². The fourth-order valence-corrected chi connectivity index (χ4v) is 3.08. The van der Waals surface area contributed by atoms with Crippen LogP contribution in [0.4, 0.5) is 4.79 Å². The van der Waals surface area contributed by atoms with E-state index in [2.05, 4.69) is 16.0 Å². The highest BCUT2D eigenvalue weighted by molar-refractivity contribution is 6.38. The summed E-state index contributed by atoms with van der Waals surface area (Å²) in [6.07, 6.45) is 1.45. The molecule has 1 aliphatic carbocycles. The fourth-order valence-electron chi connectivity index (χ4n) is 3.08. The van der Waals surface area contributed by atoms with Crippen LogP contribution >= 0.6 is 0 Å². The van der Waals surface area contributed by atoms with E-state index in [1.54, 1.807) is 0 Å². The van der Waals surface area contributed by atoms with Gasteiger partial charge in [0.2, 0.25) is 11.7 Å². The third-order valence-electron chi connectivity index (χ3n) is 4.89. The van der Waals surface area contributed by atoms with Gasteiger partial charge in [-0.15, -0.1) is 0 Å². The highest BCUT2D eigenvalue weighted by Crippen LogP contribution is 2.18. The van der Waals surface area contributed by atoms with Gasteiger partial charge < -0.3 is 25.4 Å². The first-order chi connectivity index (χ1) is 15.3. The van der Waals surface area contributed by atoms with Crippen molar-refractivity contribution in [2.24, 2.45) is 5.92 Å². The smallest absolute Gasteiger partial charge is 0.407 e. The number of ketones is 1. The normalized spacial score (nSPS) is 14.9. The number of hydrogen-bond acceptors (Lipinski definition) is 6. The molecule has 1 aromatic carbocycles. The zero-order chi connectivity index (χ0) is 23.5. The summed E-state index contributed by atoms with van der Waals surface area (Å²) in [5.41, 5.74) is 0.803. The first kappa shape index (κ1) is 25.3. The molecule has 9 nitrogen and oxygen atoms in total. The van der Waals surface area contributed by atoms with Gasteiger partial charge in [0.25, 0.3) is 5.91 Å². The van der Waals surface area contributed by atoms with Crippen LogP contribution in [-0.4, -0.2) is 62.1 Å². The Kier molecular flexibility index (Phi) is 10.1. The molecule has 9 heteroatoms. The second-order valence-corrected chi connectivity index (χ2v) is 8.32. The third kappa shape index (κ3) is 9.05. The molecule has 0 aliphatic heterocycles. The van der Waals surface area contributed by atoms with E-state index in [-0.39, 0.29) is 31.6 Å². The van der Waals surface area contributed by atoms with E-state index < -0.39 is 35.8 Å². The Balaban J connectivity index is 2.09. The van der Waals surface area contributed by atoms with Crippen molar-refractivity contribution in [2.75, 3.05) is 20.3 Å². The average molecular weight is 448 g/mol. The number of hydrogen-bond donors (Lipinski definition) is 3. The van der Waals surface area contributed by atoms with Gasteiger partial charge in [0.05, 0.1) is 6.61 Å². The maximum Gasteiger partial charge on any atom is 0.407 e. The van der Waals surface area contributed by atoms with Crippen molar-refractivity contribution in [3.63, 3.8) is 0 Å². The Hall–Kier alpha value is -2.94. The van der Waals surface area contributed by atoms with Crippen LogP contribution in [0.1, 0.15) is 38.7 Å². The number of carbonyl (C=O) groups excluding carboxylic acids is 4. The van der Waals surface area contributed by atoms with Crippen molar-refractivity contribution < 1.29 is 28.7 Å². The van der Waals surface area contributed by atoms with Crippen molar-refractivity contribution in [2.45, 2.75) is 57.7 Å². The van der Waals surface area contributed by atoms with Crippen LogP contribution in [0.15, 0.2) is 30.3 Å². The predicted octanol–water partition coefficient (Wildman–Crippen LogP) is 1.35. The fraction of sp³-hybridized carbons (Fsp3) is 0.565. The van der Waals surface area contributed by atoms with Crippen LogP contribution in [0, 0.1) is 5.92 Å². The average Bonchev–Trinajstić information content (AvgIpc) is 3.56. The molecular formula is C23H33N3O6. The summed E-state index contributed by atoms with van der Waals surface area (Å²) in [5.74, 6) is -1.87. The topological polar surface area (TPSA) is 123 Å². The van der Waals surface area contributed by atoms with Gasteiger partial charge in [0, 0.05) is 19.6 Å². The molecule has 0 aromatic heterocycles. The molecule has 0 bridgehead atoms. The van der Waals surface area contributed by atoms with E-state index >= 15 is 0 Å². The number of alkyl carbamates (subject to hydrolysis) is 1. The Morgan fingerprint density at radius 1 is 1.00 bits per heavy atom. The van der Waals surface area contributed by atoms with Gasteiger partial charge in [-0.1, -0.05) is 44.2 Å². The van der Waals surface area contributed by atoms with Gasteiger partial charge in [0.1, 0.15) is 18.7 Å². The van der Waals surface area contributed by atoms with E-state index in [4.69, 9.17) is 9.47 Å². The van der Waals surface area contributed by atoms with Gasteiger partial charge >= 0.3 is 6.09 Å². The third-order valence-corrected chi connectivity index (χ3v) is 4.89. The minimum Gasteiger partial charge on any atom is -0.447 e. The lowest BCUT2D eigenvalue weighted by Gasteiger charge is -2.23. The zero-order valence-corrected chi connectivity index (χ0v) is 18.9. The molecule has 32 heavy (non-hydrogen) atoms. The molecular weight excluding hydrogens is 414 g/mol. The van der Waals surface area contributed by atoms with Crippen molar-refractivity contribution in [3.05, 3.63) is 35.9 Å². The number of Topliss-reactive ketones (excluding diaryl/α,β-unsaturated/α-hetero) is 1. The van der Waals surface area contributed by atoms with Crippen LogP contribution in [0.3, 0.4) is 0 Å². The van der Waals surface area contributed by atoms with E-state index in [0.717, 1.165) is 18.4 Å². The summed E-state index contributed by atoms with van der Waals surface area (Å²) in [5, 5.41) is 7.89. The molecule has 0 heterocycles. The summed E-state index contributed by atoms with van der Waals surface area (Å²) in [6, 6.07) is 7.19. The molecule has 0 radical (unpaired) electrons. The summed E-state index contributed by atoms with van der Waals surface area (Å²) in [4.78, 5) is 50.3. The maximum atomic E-state index is 13.0. The number of methoxy groups -OCH3 is 1. The quantitative estimate of drug-likeness (QED) is 0.310. The molecule has 1 aromatic rings. The highest BCUT2D eigenvalue weighted by atomic mass is 16.6. The van der Waals surface area contributed by atoms with Gasteiger partial charge in [-0.05, 0) is 30.7 Å². The first-order valence-electron chi connectivity index (χ1n) is 10.9. The van der Waals surface area contributed by atoms with Gasteiger partial charge in [-0.2, -0.15) is 0 Å². The highest BCUT2D eigenvalue weighted by Gasteiger charge is 2.33. The zero-order valence-electron chi connectivity index (χ0n) is 18.9. The summed E-state index contributed by atoms with van der Waals surface area (Å²) in [6.45, 7) is 4.11. The molecule has 1 saturated carbocycles. The number of amides is 3. The van der Waals surface area contributed by atoms with Crippen molar-refractivity contribution in [1.29, 1.82) is 0 Å². The lowest BCUT2D eigenvalue weighted by Crippen LogP contribution is -2.55. The molecule has 0 saturated heterocycles. The van der Waals surface area contributed by atoms with Crippen LogP contribution in [-0.2, 0) is 30.3 Å². The van der Waals surface area contributed by atoms with Crippen molar-refractivity contribution in [3.8, 4) is 0 Å².